The van der Waals surface area contributed by atoms with Gasteiger partial charge in [-0.05, 0) is 11.5 Å². The van der Waals surface area contributed by atoms with Crippen molar-refractivity contribution in [2.45, 2.75) is 0 Å². The van der Waals surface area contributed by atoms with Crippen LogP contribution in [0.2, 0.25) is 0 Å². The summed E-state index contributed by atoms with van der Waals surface area (Å²) in [5.74, 6) is 0.175. The Kier molecular flexibility index (Phi) is 2.41. The van der Waals surface area contributed by atoms with Crippen LogP contribution >= 0.6 is 7.82 Å². The second-order valence-electron chi connectivity index (χ2n) is 3.94. The van der Waals surface area contributed by atoms with E-state index in [0.717, 1.165) is 16.3 Å². The average molecular weight is 263 g/mol. The van der Waals surface area contributed by atoms with Gasteiger partial charge in [-0.2, -0.15) is 0 Å². The van der Waals surface area contributed by atoms with Crippen molar-refractivity contribution in [1.82, 2.24) is 4.98 Å². The number of aromatic nitrogens is 1. The van der Waals surface area contributed by atoms with E-state index >= 15 is 0 Å². The van der Waals surface area contributed by atoms with Gasteiger partial charge in [0.05, 0.1) is 0 Å². The van der Waals surface area contributed by atoms with E-state index in [0.29, 0.717) is 5.39 Å². The number of H-pyrrole nitrogens is 1. The maximum atomic E-state index is 11.0. The molecule has 0 atom stereocenters. The van der Waals surface area contributed by atoms with Gasteiger partial charge < -0.3 is 9.51 Å². The lowest BCUT2D eigenvalue weighted by Crippen LogP contribution is -1.91. The van der Waals surface area contributed by atoms with E-state index in [1.54, 1.807) is 24.4 Å². The highest BCUT2D eigenvalue weighted by Gasteiger charge is 2.18. The highest BCUT2D eigenvalue weighted by atomic mass is 31.2. The molecule has 1 aromatic heterocycles. The van der Waals surface area contributed by atoms with Crippen LogP contribution in [0.5, 0.6) is 5.75 Å². The van der Waals surface area contributed by atoms with E-state index in [9.17, 15) is 4.57 Å². The van der Waals surface area contributed by atoms with E-state index in [1.165, 1.54) is 0 Å². The maximum absolute atomic E-state index is 11.0. The molecular weight excluding hydrogens is 253 g/mol. The van der Waals surface area contributed by atoms with Crippen LogP contribution in [0, 0.1) is 0 Å². The fraction of sp³-hybridized carbons (Fsp3) is 0. The summed E-state index contributed by atoms with van der Waals surface area (Å²) >= 11 is 0. The lowest BCUT2D eigenvalue weighted by molar-refractivity contribution is 0.284. The Hall–Kier alpha value is -1.81. The molecule has 18 heavy (non-hydrogen) atoms. The van der Waals surface area contributed by atoms with Crippen LogP contribution in [0.1, 0.15) is 0 Å². The van der Waals surface area contributed by atoms with Crippen molar-refractivity contribution in [3.05, 3.63) is 42.6 Å². The zero-order valence-corrected chi connectivity index (χ0v) is 10.1. The summed E-state index contributed by atoms with van der Waals surface area (Å²) in [6, 6.07) is 10.8. The molecule has 0 bridgehead atoms. The van der Waals surface area contributed by atoms with Gasteiger partial charge in [-0.25, -0.2) is 4.57 Å². The molecule has 0 fully saturated rings. The summed E-state index contributed by atoms with van der Waals surface area (Å²) < 4.78 is 15.7. The van der Waals surface area contributed by atoms with Gasteiger partial charge in [0.25, 0.3) is 0 Å². The number of phosphoric ester groups is 1. The number of phosphoric acid groups is 1. The topological polar surface area (TPSA) is 82.6 Å². The summed E-state index contributed by atoms with van der Waals surface area (Å²) in [5.41, 5.74) is 0.775. The first-order valence-corrected chi connectivity index (χ1v) is 6.81. The SMILES string of the molecule is O=P(O)(O)Oc1cc2[nH]ccc2c2ccccc12. The van der Waals surface area contributed by atoms with E-state index < -0.39 is 7.82 Å². The number of hydrogen-bond donors (Lipinski definition) is 3. The second-order valence-corrected chi connectivity index (χ2v) is 5.10. The van der Waals surface area contributed by atoms with Crippen LogP contribution in [-0.4, -0.2) is 14.8 Å². The highest BCUT2D eigenvalue weighted by molar-refractivity contribution is 7.46. The summed E-state index contributed by atoms with van der Waals surface area (Å²) in [6.45, 7) is 0. The molecule has 3 aromatic rings. The predicted molar refractivity (Wildman–Crippen MR) is 68.5 cm³/mol. The third-order valence-electron chi connectivity index (χ3n) is 2.75. The molecule has 3 rings (SSSR count). The van der Waals surface area contributed by atoms with Crippen molar-refractivity contribution < 1.29 is 18.9 Å². The van der Waals surface area contributed by atoms with Crippen molar-refractivity contribution in [1.29, 1.82) is 0 Å². The Morgan fingerprint density at radius 1 is 1.06 bits per heavy atom. The number of benzene rings is 2. The van der Waals surface area contributed by atoms with Gasteiger partial charge in [-0.1, -0.05) is 24.3 Å². The van der Waals surface area contributed by atoms with Gasteiger partial charge in [-0.3, -0.25) is 9.79 Å². The zero-order valence-electron chi connectivity index (χ0n) is 9.20. The zero-order chi connectivity index (χ0) is 12.8. The van der Waals surface area contributed by atoms with Crippen molar-refractivity contribution in [2.24, 2.45) is 0 Å². The van der Waals surface area contributed by atoms with Crippen LogP contribution in [0.25, 0.3) is 21.7 Å². The lowest BCUT2D eigenvalue weighted by Gasteiger charge is -2.10. The van der Waals surface area contributed by atoms with Gasteiger partial charge in [-0.15, -0.1) is 0 Å². The quantitative estimate of drug-likeness (QED) is 0.621. The average Bonchev–Trinajstić information content (AvgIpc) is 2.75. The fourth-order valence-electron chi connectivity index (χ4n) is 2.08. The molecule has 2 aromatic carbocycles. The minimum absolute atomic E-state index is 0.175. The molecule has 0 saturated heterocycles. The molecule has 1 heterocycles. The van der Waals surface area contributed by atoms with Crippen LogP contribution in [0.4, 0.5) is 0 Å². The Morgan fingerprint density at radius 3 is 2.50 bits per heavy atom. The lowest BCUT2D eigenvalue weighted by atomic mass is 10.1. The molecule has 0 spiro atoms. The van der Waals surface area contributed by atoms with Crippen LogP contribution in [0.15, 0.2) is 42.6 Å². The van der Waals surface area contributed by atoms with Gasteiger partial charge in [0.1, 0.15) is 5.75 Å². The molecule has 0 aliphatic rings. The summed E-state index contributed by atoms with van der Waals surface area (Å²) in [7, 11) is -4.57. The minimum Gasteiger partial charge on any atom is -0.404 e. The van der Waals surface area contributed by atoms with Gasteiger partial charge in [0.2, 0.25) is 0 Å². The van der Waals surface area contributed by atoms with E-state index in [4.69, 9.17) is 14.3 Å². The molecule has 92 valence electrons. The van der Waals surface area contributed by atoms with Crippen LogP contribution in [0.3, 0.4) is 0 Å². The number of aromatic amines is 1. The first-order chi connectivity index (χ1) is 8.54. The molecule has 3 N–H and O–H groups in total. The third kappa shape index (κ3) is 1.88. The summed E-state index contributed by atoms with van der Waals surface area (Å²) in [4.78, 5) is 20.9. The summed E-state index contributed by atoms with van der Waals surface area (Å²) in [6.07, 6.45) is 1.78. The molecule has 5 nitrogen and oxygen atoms in total. The van der Waals surface area contributed by atoms with Gasteiger partial charge >= 0.3 is 7.82 Å². The van der Waals surface area contributed by atoms with Crippen LogP contribution < -0.4 is 4.52 Å². The molecule has 0 amide bonds. The molecule has 0 aliphatic heterocycles. The Balaban J connectivity index is 2.37. The number of nitrogens with one attached hydrogen (secondary N) is 1. The molecule has 0 unspecified atom stereocenters. The standard InChI is InChI=1S/C12H10NO4P/c14-18(15,16)17-12-7-11-9(5-6-13-11)8-3-1-2-4-10(8)12/h1-7,13H,(H2,14,15,16). The first kappa shape index (κ1) is 11.3. The summed E-state index contributed by atoms with van der Waals surface area (Å²) in [5, 5.41) is 2.55. The molecule has 0 aliphatic carbocycles. The largest absolute Gasteiger partial charge is 0.524 e. The number of rotatable bonds is 2. The van der Waals surface area contributed by atoms with Crippen LogP contribution in [-0.2, 0) is 4.57 Å². The van der Waals surface area contributed by atoms with Crippen molar-refractivity contribution in [3.8, 4) is 5.75 Å². The Labute approximate surface area is 102 Å². The van der Waals surface area contributed by atoms with E-state index in [2.05, 4.69) is 4.98 Å². The van der Waals surface area contributed by atoms with Gasteiger partial charge in [0.15, 0.2) is 0 Å². The van der Waals surface area contributed by atoms with E-state index in [-0.39, 0.29) is 5.75 Å². The maximum Gasteiger partial charge on any atom is 0.524 e. The van der Waals surface area contributed by atoms with Gasteiger partial charge in [0, 0.05) is 28.6 Å². The predicted octanol–water partition coefficient (Wildman–Crippen LogP) is 2.79. The highest BCUT2D eigenvalue weighted by Crippen LogP contribution is 2.42. The second kappa shape index (κ2) is 3.85. The number of hydrogen-bond acceptors (Lipinski definition) is 2. The van der Waals surface area contributed by atoms with Crippen molar-refractivity contribution >= 4 is 29.5 Å². The van der Waals surface area contributed by atoms with E-state index in [1.807, 2.05) is 18.2 Å². The molecule has 6 heteroatoms. The van der Waals surface area contributed by atoms with Crippen molar-refractivity contribution in [3.63, 3.8) is 0 Å². The first-order valence-electron chi connectivity index (χ1n) is 5.28. The normalized spacial score (nSPS) is 12.1. The fourth-order valence-corrected chi connectivity index (χ4v) is 2.49. The van der Waals surface area contributed by atoms with Crippen molar-refractivity contribution in [2.75, 3.05) is 0 Å². The Morgan fingerprint density at radius 2 is 1.78 bits per heavy atom. The smallest absolute Gasteiger partial charge is 0.404 e. The monoisotopic (exact) mass is 263 g/mol. The molecule has 0 saturated carbocycles. The molecular formula is C12H10NO4P. The third-order valence-corrected chi connectivity index (χ3v) is 3.19. The number of fused-ring (bicyclic) bond motifs is 3. The Bertz CT molecular complexity index is 774. The molecule has 0 radical (unpaired) electrons. The minimum atomic E-state index is -4.57.